The van der Waals surface area contributed by atoms with Gasteiger partial charge in [0.15, 0.2) is 5.03 Å². The molecule has 0 atom stereocenters. The summed E-state index contributed by atoms with van der Waals surface area (Å²) in [5.74, 6) is -0.00479. The molecule has 8 nitrogen and oxygen atoms in total. The van der Waals surface area contributed by atoms with E-state index in [0.717, 1.165) is 0 Å². The predicted molar refractivity (Wildman–Crippen MR) is 78.0 cm³/mol. The molecule has 21 heavy (non-hydrogen) atoms. The molecule has 0 saturated carbocycles. The van der Waals surface area contributed by atoms with Crippen molar-refractivity contribution in [3.63, 3.8) is 0 Å². The van der Waals surface area contributed by atoms with Gasteiger partial charge in [-0.15, -0.1) is 0 Å². The number of amidine groups is 1. The average molecular weight is 309 g/mol. The number of hydrogen-bond donors (Lipinski definition) is 3. The molecule has 0 unspecified atom stereocenters. The van der Waals surface area contributed by atoms with Crippen molar-refractivity contribution in [3.05, 3.63) is 36.3 Å². The van der Waals surface area contributed by atoms with Crippen LogP contribution in [-0.2, 0) is 17.1 Å². The number of rotatable bonds is 5. The number of benzene rings is 1. The summed E-state index contributed by atoms with van der Waals surface area (Å²) < 4.78 is 33.6. The molecular weight excluding hydrogens is 294 g/mol. The van der Waals surface area contributed by atoms with Gasteiger partial charge in [-0.05, 0) is 12.1 Å². The van der Waals surface area contributed by atoms with Crippen molar-refractivity contribution in [3.8, 4) is 5.75 Å². The van der Waals surface area contributed by atoms with Crippen molar-refractivity contribution >= 4 is 21.5 Å². The van der Waals surface area contributed by atoms with Crippen LogP contribution in [0.3, 0.4) is 0 Å². The molecule has 0 aliphatic carbocycles. The van der Waals surface area contributed by atoms with E-state index in [2.05, 4.69) is 9.71 Å². The minimum Gasteiger partial charge on any atom is -0.495 e. The minimum absolute atomic E-state index is 0.109. The number of aryl methyl sites for hydroxylation is 1. The Labute approximate surface area is 122 Å². The van der Waals surface area contributed by atoms with Gasteiger partial charge in [0, 0.05) is 18.8 Å². The van der Waals surface area contributed by atoms with Gasteiger partial charge < -0.3 is 15.0 Å². The Morgan fingerprint density at radius 3 is 2.71 bits per heavy atom. The summed E-state index contributed by atoms with van der Waals surface area (Å²) in [4.78, 5) is 3.80. The number of ether oxygens (including phenoxy) is 1. The Bertz CT molecular complexity index is 782. The van der Waals surface area contributed by atoms with Crippen molar-refractivity contribution < 1.29 is 13.2 Å². The molecule has 0 saturated heterocycles. The molecule has 0 bridgehead atoms. The number of sulfonamides is 1. The van der Waals surface area contributed by atoms with Crippen LogP contribution >= 0.6 is 0 Å². The van der Waals surface area contributed by atoms with E-state index in [1.165, 1.54) is 30.3 Å². The Morgan fingerprint density at radius 1 is 1.48 bits per heavy atom. The quantitative estimate of drug-likeness (QED) is 0.548. The number of nitrogens with one attached hydrogen (secondary N) is 2. The van der Waals surface area contributed by atoms with Crippen LogP contribution in [0.1, 0.15) is 5.56 Å². The lowest BCUT2D eigenvalue weighted by Crippen LogP contribution is -2.19. The molecule has 1 heterocycles. The molecule has 2 aromatic rings. The Morgan fingerprint density at radius 2 is 2.19 bits per heavy atom. The molecule has 0 fully saturated rings. The number of hydrogen-bond acceptors (Lipinski definition) is 5. The zero-order chi connectivity index (χ0) is 15.6. The highest BCUT2D eigenvalue weighted by atomic mass is 32.2. The van der Waals surface area contributed by atoms with Crippen LogP contribution in [0.4, 0.5) is 5.69 Å². The second-order valence-electron chi connectivity index (χ2n) is 4.28. The minimum atomic E-state index is -3.90. The van der Waals surface area contributed by atoms with E-state index >= 15 is 0 Å². The predicted octanol–water partition coefficient (Wildman–Crippen LogP) is 0.514. The number of imidazole rings is 1. The van der Waals surface area contributed by atoms with E-state index in [-0.39, 0.29) is 27.9 Å². The van der Waals surface area contributed by atoms with E-state index in [9.17, 15) is 8.42 Å². The van der Waals surface area contributed by atoms with E-state index in [1.54, 1.807) is 19.2 Å². The first-order chi connectivity index (χ1) is 9.85. The van der Waals surface area contributed by atoms with Gasteiger partial charge in [-0.2, -0.15) is 8.42 Å². The van der Waals surface area contributed by atoms with Gasteiger partial charge in [0.25, 0.3) is 10.0 Å². The maximum absolute atomic E-state index is 12.3. The van der Waals surface area contributed by atoms with Gasteiger partial charge in [-0.25, -0.2) is 4.98 Å². The number of methoxy groups -OCH3 is 1. The largest absolute Gasteiger partial charge is 0.495 e. The van der Waals surface area contributed by atoms with Crippen molar-refractivity contribution in [2.24, 2.45) is 12.8 Å². The Kier molecular flexibility index (Phi) is 3.85. The summed E-state index contributed by atoms with van der Waals surface area (Å²) in [5, 5.41) is 7.40. The van der Waals surface area contributed by atoms with Crippen LogP contribution in [0.5, 0.6) is 5.75 Å². The fourth-order valence-corrected chi connectivity index (χ4v) is 2.82. The molecule has 0 aliphatic rings. The summed E-state index contributed by atoms with van der Waals surface area (Å²) in [6.45, 7) is 0. The van der Waals surface area contributed by atoms with E-state index in [1.807, 2.05) is 0 Å². The smallest absolute Gasteiger partial charge is 0.281 e. The third kappa shape index (κ3) is 2.97. The summed E-state index contributed by atoms with van der Waals surface area (Å²) in [5.41, 5.74) is 5.81. The molecule has 0 spiro atoms. The number of nitrogens with zero attached hydrogens (tertiary/aromatic N) is 2. The second kappa shape index (κ2) is 5.44. The third-order valence-electron chi connectivity index (χ3n) is 2.73. The highest BCUT2D eigenvalue weighted by molar-refractivity contribution is 7.92. The number of para-hydroxylation sites is 1. The van der Waals surface area contributed by atoms with Gasteiger partial charge in [0.2, 0.25) is 0 Å². The molecule has 112 valence electrons. The molecule has 0 amide bonds. The first-order valence-corrected chi connectivity index (χ1v) is 7.35. The maximum atomic E-state index is 12.3. The lowest BCUT2D eigenvalue weighted by molar-refractivity contribution is 0.417. The fourth-order valence-electron chi connectivity index (χ4n) is 1.75. The van der Waals surface area contributed by atoms with Crippen LogP contribution in [0.2, 0.25) is 0 Å². The van der Waals surface area contributed by atoms with Crippen molar-refractivity contribution in [2.75, 3.05) is 11.8 Å². The Balaban J connectivity index is 2.50. The van der Waals surface area contributed by atoms with E-state index in [4.69, 9.17) is 15.9 Å². The Hall–Kier alpha value is -2.55. The van der Waals surface area contributed by atoms with Gasteiger partial charge in [0.05, 0.1) is 13.4 Å². The lowest BCUT2D eigenvalue weighted by Gasteiger charge is -2.14. The van der Waals surface area contributed by atoms with Gasteiger partial charge in [-0.3, -0.25) is 10.1 Å². The molecule has 0 radical (unpaired) electrons. The van der Waals surface area contributed by atoms with E-state index < -0.39 is 10.0 Å². The maximum Gasteiger partial charge on any atom is 0.281 e. The normalized spacial score (nSPS) is 11.1. The van der Waals surface area contributed by atoms with Crippen LogP contribution in [0.15, 0.2) is 35.7 Å². The van der Waals surface area contributed by atoms with Gasteiger partial charge >= 0.3 is 0 Å². The molecule has 9 heteroatoms. The number of nitrogen functional groups attached to an aromatic ring is 1. The number of aromatic nitrogens is 2. The SMILES string of the molecule is COc1cccc(C(=N)N)c1NS(=O)(=O)c1cn(C)cn1. The molecule has 1 aromatic heterocycles. The van der Waals surface area contributed by atoms with Gasteiger partial charge in [0.1, 0.15) is 17.3 Å². The fraction of sp³-hybridized carbons (Fsp3) is 0.167. The summed E-state index contributed by atoms with van der Waals surface area (Å²) >= 11 is 0. The molecular formula is C12H15N5O3S. The van der Waals surface area contributed by atoms with Crippen LogP contribution < -0.4 is 15.2 Å². The number of anilines is 1. The van der Waals surface area contributed by atoms with Crippen molar-refractivity contribution in [1.29, 1.82) is 5.41 Å². The van der Waals surface area contributed by atoms with Crippen LogP contribution in [-0.4, -0.2) is 30.9 Å². The molecule has 1 aromatic carbocycles. The highest BCUT2D eigenvalue weighted by Gasteiger charge is 2.22. The first-order valence-electron chi connectivity index (χ1n) is 5.87. The summed E-state index contributed by atoms with van der Waals surface area (Å²) in [7, 11) is -0.832. The topological polar surface area (TPSA) is 123 Å². The van der Waals surface area contributed by atoms with Crippen LogP contribution in [0.25, 0.3) is 0 Å². The van der Waals surface area contributed by atoms with Gasteiger partial charge in [-0.1, -0.05) is 6.07 Å². The zero-order valence-electron chi connectivity index (χ0n) is 11.5. The number of nitrogens with two attached hydrogens (primary N) is 1. The van der Waals surface area contributed by atoms with Crippen LogP contribution in [0, 0.1) is 5.41 Å². The standard InChI is InChI=1S/C12H15N5O3S/c1-17-6-10(15-7-17)21(18,19)16-11-8(12(13)14)4-3-5-9(11)20-2/h3-7,16H,1-2H3,(H3,13,14). The highest BCUT2D eigenvalue weighted by Crippen LogP contribution is 2.30. The zero-order valence-corrected chi connectivity index (χ0v) is 12.3. The third-order valence-corrected chi connectivity index (χ3v) is 3.96. The van der Waals surface area contributed by atoms with Crippen molar-refractivity contribution in [1.82, 2.24) is 9.55 Å². The summed E-state index contributed by atoms with van der Waals surface area (Å²) in [6, 6.07) is 4.72. The second-order valence-corrected chi connectivity index (χ2v) is 5.91. The van der Waals surface area contributed by atoms with Crippen molar-refractivity contribution in [2.45, 2.75) is 5.03 Å². The molecule has 0 aliphatic heterocycles. The molecule has 4 N–H and O–H groups in total. The molecule has 2 rings (SSSR count). The first kappa shape index (κ1) is 14.9. The van der Waals surface area contributed by atoms with E-state index in [0.29, 0.717) is 0 Å². The lowest BCUT2D eigenvalue weighted by atomic mass is 10.1. The monoisotopic (exact) mass is 309 g/mol. The average Bonchev–Trinajstić information content (AvgIpc) is 2.86. The summed E-state index contributed by atoms with van der Waals surface area (Å²) in [6.07, 6.45) is 2.74.